The molecule has 16 heavy (non-hydrogen) atoms. The molecule has 0 rings (SSSR count). The molecule has 0 aromatic carbocycles. The predicted molar refractivity (Wildman–Crippen MR) is 71.7 cm³/mol. The fourth-order valence-corrected chi connectivity index (χ4v) is 2.10. The van der Waals surface area contributed by atoms with Crippen molar-refractivity contribution in [3.8, 4) is 0 Å². The largest absolute Gasteiger partial charge is 0.396 e. The summed E-state index contributed by atoms with van der Waals surface area (Å²) in [5, 5.41) is 12.7. The van der Waals surface area contributed by atoms with Crippen molar-refractivity contribution < 1.29 is 5.11 Å². The Morgan fingerprint density at radius 2 is 1.81 bits per heavy atom. The molecule has 98 valence electrons. The molecule has 2 unspecified atom stereocenters. The van der Waals surface area contributed by atoms with Crippen LogP contribution in [0, 0.1) is 5.92 Å². The van der Waals surface area contributed by atoms with Crippen molar-refractivity contribution in [2.45, 2.75) is 78.3 Å². The number of nitrogens with one attached hydrogen (secondary N) is 1. The highest BCUT2D eigenvalue weighted by Gasteiger charge is 2.22. The average molecular weight is 229 g/mol. The van der Waals surface area contributed by atoms with Crippen molar-refractivity contribution in [1.82, 2.24) is 5.32 Å². The number of hydrogen-bond donors (Lipinski definition) is 2. The van der Waals surface area contributed by atoms with Crippen LogP contribution in [0.25, 0.3) is 0 Å². The summed E-state index contributed by atoms with van der Waals surface area (Å²) in [4.78, 5) is 0. The summed E-state index contributed by atoms with van der Waals surface area (Å²) in [5.74, 6) is 0.808. The van der Waals surface area contributed by atoms with Gasteiger partial charge in [0.15, 0.2) is 0 Å². The van der Waals surface area contributed by atoms with E-state index in [1.807, 2.05) is 0 Å². The maximum atomic E-state index is 9.05. The summed E-state index contributed by atoms with van der Waals surface area (Å²) in [5.41, 5.74) is 0.103. The molecule has 2 N–H and O–H groups in total. The summed E-state index contributed by atoms with van der Waals surface area (Å²) in [6.45, 7) is 11.5. The molecule has 0 saturated heterocycles. The van der Waals surface area contributed by atoms with E-state index in [2.05, 4.69) is 39.9 Å². The van der Waals surface area contributed by atoms with Crippen LogP contribution in [-0.2, 0) is 0 Å². The van der Waals surface area contributed by atoms with Crippen LogP contribution in [0.3, 0.4) is 0 Å². The van der Waals surface area contributed by atoms with Crippen molar-refractivity contribution in [1.29, 1.82) is 0 Å². The van der Waals surface area contributed by atoms with Crippen LogP contribution in [0.15, 0.2) is 0 Å². The first-order chi connectivity index (χ1) is 7.43. The highest BCUT2D eigenvalue weighted by molar-refractivity contribution is 4.83. The first-order valence-corrected chi connectivity index (χ1v) is 6.82. The number of aliphatic hydroxyl groups excluding tert-OH is 1. The fourth-order valence-electron chi connectivity index (χ4n) is 2.10. The van der Waals surface area contributed by atoms with E-state index in [1.54, 1.807) is 0 Å². The summed E-state index contributed by atoms with van der Waals surface area (Å²) in [6.07, 6.45) is 5.76. The van der Waals surface area contributed by atoms with Crippen molar-refractivity contribution in [3.63, 3.8) is 0 Å². The second-order valence-corrected chi connectivity index (χ2v) is 5.76. The third-order valence-electron chi connectivity index (χ3n) is 3.46. The van der Waals surface area contributed by atoms with Crippen molar-refractivity contribution in [2.24, 2.45) is 5.92 Å². The van der Waals surface area contributed by atoms with Crippen LogP contribution in [0.5, 0.6) is 0 Å². The summed E-state index contributed by atoms with van der Waals surface area (Å²) < 4.78 is 0. The fraction of sp³-hybridized carbons (Fsp3) is 1.00. The second kappa shape index (κ2) is 8.08. The molecule has 0 aromatic rings. The molecule has 0 aliphatic rings. The summed E-state index contributed by atoms with van der Waals surface area (Å²) in [6, 6.07) is 0.551. The zero-order valence-corrected chi connectivity index (χ0v) is 11.8. The summed E-state index contributed by atoms with van der Waals surface area (Å²) in [7, 11) is 0. The molecule has 2 nitrogen and oxygen atoms in total. The van der Waals surface area contributed by atoms with E-state index >= 15 is 0 Å². The van der Waals surface area contributed by atoms with Gasteiger partial charge in [-0.2, -0.15) is 0 Å². The lowest BCUT2D eigenvalue weighted by Gasteiger charge is -2.33. The first-order valence-electron chi connectivity index (χ1n) is 6.82. The topological polar surface area (TPSA) is 32.3 Å². The summed E-state index contributed by atoms with van der Waals surface area (Å²) >= 11 is 0. The van der Waals surface area contributed by atoms with Crippen LogP contribution >= 0.6 is 0 Å². The van der Waals surface area contributed by atoms with Gasteiger partial charge >= 0.3 is 0 Å². The Morgan fingerprint density at radius 1 is 1.19 bits per heavy atom. The molecule has 0 bridgehead atoms. The normalized spacial score (nSPS) is 17.4. The van der Waals surface area contributed by atoms with Gasteiger partial charge in [-0.25, -0.2) is 0 Å². The maximum Gasteiger partial charge on any atom is 0.0448 e. The molecule has 0 amide bonds. The molecule has 0 aromatic heterocycles. The Bertz CT molecular complexity index is 170. The van der Waals surface area contributed by atoms with Crippen molar-refractivity contribution >= 4 is 0 Å². The Morgan fingerprint density at radius 3 is 2.25 bits per heavy atom. The first kappa shape index (κ1) is 15.9. The quantitative estimate of drug-likeness (QED) is 0.635. The van der Waals surface area contributed by atoms with Gasteiger partial charge in [-0.05, 0) is 39.0 Å². The average Bonchev–Trinajstić information content (AvgIpc) is 2.17. The Hall–Kier alpha value is -0.0800. The molecule has 0 aliphatic carbocycles. The van der Waals surface area contributed by atoms with E-state index < -0.39 is 0 Å². The van der Waals surface area contributed by atoms with Gasteiger partial charge in [0.25, 0.3) is 0 Å². The zero-order valence-electron chi connectivity index (χ0n) is 11.8. The molecular formula is C14H31NO. The Labute approximate surface area is 102 Å². The molecule has 0 radical (unpaired) electrons. The SMILES string of the molecule is CCC(C)(CCO)NC(C)CCCC(C)C. The van der Waals surface area contributed by atoms with E-state index in [-0.39, 0.29) is 12.1 Å². The zero-order chi connectivity index (χ0) is 12.6. The van der Waals surface area contributed by atoms with E-state index in [9.17, 15) is 0 Å². The van der Waals surface area contributed by atoms with Crippen LogP contribution < -0.4 is 5.32 Å². The Kier molecular flexibility index (Phi) is 8.04. The van der Waals surface area contributed by atoms with E-state index in [0.29, 0.717) is 6.04 Å². The molecule has 0 saturated carbocycles. The molecule has 0 fully saturated rings. The number of rotatable bonds is 9. The van der Waals surface area contributed by atoms with Gasteiger partial charge in [-0.1, -0.05) is 33.6 Å². The van der Waals surface area contributed by atoms with Crippen LogP contribution in [-0.4, -0.2) is 23.3 Å². The lowest BCUT2D eigenvalue weighted by Crippen LogP contribution is -2.47. The van der Waals surface area contributed by atoms with Crippen molar-refractivity contribution in [3.05, 3.63) is 0 Å². The standard InChI is InChI=1S/C14H31NO/c1-6-14(5,10-11-16)15-13(4)9-7-8-12(2)3/h12-13,15-16H,6-11H2,1-5H3. The molecule has 0 heterocycles. The molecule has 2 heteroatoms. The second-order valence-electron chi connectivity index (χ2n) is 5.76. The minimum absolute atomic E-state index is 0.103. The lowest BCUT2D eigenvalue weighted by molar-refractivity contribution is 0.201. The predicted octanol–water partition coefficient (Wildman–Crippen LogP) is 3.34. The highest BCUT2D eigenvalue weighted by atomic mass is 16.3. The van der Waals surface area contributed by atoms with E-state index in [0.717, 1.165) is 18.8 Å². The van der Waals surface area contributed by atoms with Crippen LogP contribution in [0.1, 0.15) is 66.7 Å². The van der Waals surface area contributed by atoms with Gasteiger partial charge in [0, 0.05) is 18.2 Å². The van der Waals surface area contributed by atoms with Gasteiger partial charge in [0.2, 0.25) is 0 Å². The molecule has 2 atom stereocenters. The third kappa shape index (κ3) is 7.24. The highest BCUT2D eigenvalue weighted by Crippen LogP contribution is 2.17. The monoisotopic (exact) mass is 229 g/mol. The minimum atomic E-state index is 0.103. The number of hydrogen-bond acceptors (Lipinski definition) is 2. The minimum Gasteiger partial charge on any atom is -0.396 e. The van der Waals surface area contributed by atoms with Gasteiger partial charge < -0.3 is 10.4 Å². The van der Waals surface area contributed by atoms with E-state index in [4.69, 9.17) is 5.11 Å². The van der Waals surface area contributed by atoms with Gasteiger partial charge in [0.05, 0.1) is 0 Å². The van der Waals surface area contributed by atoms with Crippen molar-refractivity contribution in [2.75, 3.05) is 6.61 Å². The molecule has 0 spiro atoms. The maximum absolute atomic E-state index is 9.05. The Balaban J connectivity index is 3.86. The number of aliphatic hydroxyl groups is 1. The van der Waals surface area contributed by atoms with Crippen LogP contribution in [0.2, 0.25) is 0 Å². The lowest BCUT2D eigenvalue weighted by atomic mass is 9.93. The van der Waals surface area contributed by atoms with E-state index in [1.165, 1.54) is 19.3 Å². The van der Waals surface area contributed by atoms with Gasteiger partial charge in [-0.3, -0.25) is 0 Å². The molecule has 0 aliphatic heterocycles. The van der Waals surface area contributed by atoms with Gasteiger partial charge in [0.1, 0.15) is 0 Å². The third-order valence-corrected chi connectivity index (χ3v) is 3.46. The van der Waals surface area contributed by atoms with Gasteiger partial charge in [-0.15, -0.1) is 0 Å². The smallest absolute Gasteiger partial charge is 0.0448 e. The molecular weight excluding hydrogens is 198 g/mol. The van der Waals surface area contributed by atoms with Crippen LogP contribution in [0.4, 0.5) is 0 Å².